The number of methoxy groups -OCH3 is 1. The SMILES string of the molecule is COc1ccc(N2CCN(Cc3nc(-c4ccccc4)sc3CSc3ccc(OC(C)C(=O)O)cc3)CC2)cc1. The van der Waals surface area contributed by atoms with Gasteiger partial charge in [0.2, 0.25) is 0 Å². The summed E-state index contributed by atoms with van der Waals surface area (Å²) in [5.74, 6) is 1.27. The molecule has 0 radical (unpaired) electrons. The first kappa shape index (κ1) is 28.0. The van der Waals surface area contributed by atoms with E-state index in [4.69, 9.17) is 19.6 Å². The number of carboxylic acids is 1. The average Bonchev–Trinajstić information content (AvgIpc) is 3.40. The van der Waals surface area contributed by atoms with E-state index in [1.165, 1.54) is 17.5 Å². The van der Waals surface area contributed by atoms with Crippen molar-refractivity contribution >= 4 is 34.8 Å². The molecule has 1 aromatic heterocycles. The first-order chi connectivity index (χ1) is 19.5. The number of thiazole rings is 1. The lowest BCUT2D eigenvalue weighted by atomic mass is 10.2. The van der Waals surface area contributed by atoms with Gasteiger partial charge in [0.15, 0.2) is 6.10 Å². The van der Waals surface area contributed by atoms with Gasteiger partial charge in [-0.25, -0.2) is 9.78 Å². The molecule has 9 heteroatoms. The van der Waals surface area contributed by atoms with Crippen LogP contribution in [0.5, 0.6) is 11.5 Å². The van der Waals surface area contributed by atoms with Crippen LogP contribution in [0.15, 0.2) is 83.8 Å². The number of piperazine rings is 1. The molecule has 40 heavy (non-hydrogen) atoms. The zero-order valence-electron chi connectivity index (χ0n) is 22.7. The van der Waals surface area contributed by atoms with Gasteiger partial charge in [-0.2, -0.15) is 0 Å². The fraction of sp³-hybridized carbons (Fsp3) is 0.290. The van der Waals surface area contributed by atoms with Crippen LogP contribution in [0.1, 0.15) is 17.5 Å². The molecular formula is C31H33N3O4S2. The Balaban J connectivity index is 1.25. The molecule has 2 heterocycles. The molecule has 1 fully saturated rings. The number of benzene rings is 3. The molecule has 0 bridgehead atoms. The van der Waals surface area contributed by atoms with Crippen molar-refractivity contribution in [3.63, 3.8) is 0 Å². The van der Waals surface area contributed by atoms with Gasteiger partial charge in [-0.15, -0.1) is 23.1 Å². The van der Waals surface area contributed by atoms with E-state index in [1.54, 1.807) is 30.2 Å². The van der Waals surface area contributed by atoms with Crippen molar-refractivity contribution in [2.24, 2.45) is 0 Å². The summed E-state index contributed by atoms with van der Waals surface area (Å²) in [5.41, 5.74) is 3.51. The van der Waals surface area contributed by atoms with E-state index >= 15 is 0 Å². The third-order valence-electron chi connectivity index (χ3n) is 6.84. The van der Waals surface area contributed by atoms with Crippen molar-refractivity contribution in [2.75, 3.05) is 38.2 Å². The van der Waals surface area contributed by atoms with Crippen LogP contribution < -0.4 is 14.4 Å². The molecule has 0 amide bonds. The summed E-state index contributed by atoms with van der Waals surface area (Å²) in [5, 5.41) is 10.1. The molecule has 0 aliphatic carbocycles. The topological polar surface area (TPSA) is 75.1 Å². The van der Waals surface area contributed by atoms with E-state index in [-0.39, 0.29) is 0 Å². The van der Waals surface area contributed by atoms with Crippen molar-refractivity contribution < 1.29 is 19.4 Å². The summed E-state index contributed by atoms with van der Waals surface area (Å²) in [6.07, 6.45) is -0.882. The van der Waals surface area contributed by atoms with Crippen molar-refractivity contribution in [3.8, 4) is 22.1 Å². The van der Waals surface area contributed by atoms with Crippen LogP contribution in [0.25, 0.3) is 10.6 Å². The van der Waals surface area contributed by atoms with Gasteiger partial charge >= 0.3 is 5.97 Å². The summed E-state index contributed by atoms with van der Waals surface area (Å²) in [4.78, 5) is 23.5. The highest BCUT2D eigenvalue weighted by Gasteiger charge is 2.21. The number of nitrogens with zero attached hydrogens (tertiary/aromatic N) is 3. The van der Waals surface area contributed by atoms with Gasteiger partial charge in [0.1, 0.15) is 16.5 Å². The van der Waals surface area contributed by atoms with Crippen molar-refractivity contribution in [2.45, 2.75) is 30.2 Å². The summed E-state index contributed by atoms with van der Waals surface area (Å²) in [6.45, 7) is 6.26. The Labute approximate surface area is 243 Å². The molecule has 1 N–H and O–H groups in total. The molecule has 1 aliphatic heterocycles. The van der Waals surface area contributed by atoms with Crippen molar-refractivity contribution in [1.29, 1.82) is 0 Å². The van der Waals surface area contributed by atoms with E-state index in [1.807, 2.05) is 42.5 Å². The molecule has 5 rings (SSSR count). The number of aliphatic carboxylic acids is 1. The second-order valence-corrected chi connectivity index (χ2v) is 11.7. The second kappa shape index (κ2) is 13.2. The van der Waals surface area contributed by atoms with Gasteiger partial charge in [-0.1, -0.05) is 30.3 Å². The Morgan fingerprint density at radius 2 is 1.65 bits per heavy atom. The minimum Gasteiger partial charge on any atom is -0.497 e. The monoisotopic (exact) mass is 575 g/mol. The highest BCUT2D eigenvalue weighted by Crippen LogP contribution is 2.34. The largest absolute Gasteiger partial charge is 0.497 e. The molecule has 1 saturated heterocycles. The normalized spacial score (nSPS) is 14.6. The Morgan fingerprint density at radius 1 is 0.975 bits per heavy atom. The number of rotatable bonds is 11. The Hall–Kier alpha value is -3.53. The van der Waals surface area contributed by atoms with Gasteiger partial charge in [-0.05, 0) is 55.5 Å². The maximum atomic E-state index is 11.1. The smallest absolute Gasteiger partial charge is 0.344 e. The summed E-state index contributed by atoms with van der Waals surface area (Å²) < 4.78 is 10.8. The predicted octanol–water partition coefficient (Wildman–Crippen LogP) is 6.29. The molecule has 7 nitrogen and oxygen atoms in total. The quantitative estimate of drug-likeness (QED) is 0.209. The molecule has 1 atom stereocenters. The molecule has 0 saturated carbocycles. The van der Waals surface area contributed by atoms with Gasteiger partial charge in [0.05, 0.1) is 12.8 Å². The summed E-state index contributed by atoms with van der Waals surface area (Å²) >= 11 is 3.52. The lowest BCUT2D eigenvalue weighted by Gasteiger charge is -2.36. The van der Waals surface area contributed by atoms with Crippen LogP contribution >= 0.6 is 23.1 Å². The average molecular weight is 576 g/mol. The van der Waals surface area contributed by atoms with Crippen LogP contribution in [-0.2, 0) is 17.1 Å². The third-order valence-corrected chi connectivity index (χ3v) is 9.20. The predicted molar refractivity (Wildman–Crippen MR) is 162 cm³/mol. The molecular weight excluding hydrogens is 542 g/mol. The van der Waals surface area contributed by atoms with Crippen LogP contribution in [0, 0.1) is 0 Å². The summed E-state index contributed by atoms with van der Waals surface area (Å²) in [6, 6.07) is 26.3. The van der Waals surface area contributed by atoms with Crippen molar-refractivity contribution in [3.05, 3.63) is 89.4 Å². The fourth-order valence-corrected chi connectivity index (χ4v) is 6.59. The maximum Gasteiger partial charge on any atom is 0.344 e. The van der Waals surface area contributed by atoms with E-state index in [9.17, 15) is 4.79 Å². The number of anilines is 1. The number of carboxylic acid groups (broad SMARTS) is 1. The van der Waals surface area contributed by atoms with Crippen LogP contribution in [0.3, 0.4) is 0 Å². The summed E-state index contributed by atoms with van der Waals surface area (Å²) in [7, 11) is 1.69. The molecule has 4 aromatic rings. The zero-order valence-corrected chi connectivity index (χ0v) is 24.3. The zero-order chi connectivity index (χ0) is 27.9. The van der Waals surface area contributed by atoms with E-state index < -0.39 is 12.1 Å². The number of carbonyl (C=O) groups is 1. The number of aromatic nitrogens is 1. The first-order valence-electron chi connectivity index (χ1n) is 13.3. The highest BCUT2D eigenvalue weighted by atomic mass is 32.2. The Kier molecular flexibility index (Phi) is 9.26. The standard InChI is InChI=1S/C31H33N3O4S2/c1-22(31(35)36)38-26-12-14-27(15-13-26)39-21-29-28(32-30(40-29)23-6-4-3-5-7-23)20-33-16-18-34(19-17-33)24-8-10-25(37-2)11-9-24/h3-15,22H,16-21H2,1-2H3,(H,35,36). The number of thioether (sulfide) groups is 1. The number of hydrogen-bond donors (Lipinski definition) is 1. The lowest BCUT2D eigenvalue weighted by molar-refractivity contribution is -0.144. The van der Waals surface area contributed by atoms with Gasteiger partial charge in [0.25, 0.3) is 0 Å². The minimum atomic E-state index is -0.979. The molecule has 3 aromatic carbocycles. The third kappa shape index (κ3) is 7.15. The second-order valence-electron chi connectivity index (χ2n) is 9.57. The van der Waals surface area contributed by atoms with Crippen LogP contribution in [-0.4, -0.2) is 60.4 Å². The number of ether oxygens (including phenoxy) is 2. The fourth-order valence-electron chi connectivity index (χ4n) is 4.51. The molecule has 1 unspecified atom stereocenters. The van der Waals surface area contributed by atoms with E-state index in [0.717, 1.165) is 65.4 Å². The van der Waals surface area contributed by atoms with Gasteiger partial charge < -0.3 is 19.5 Å². The molecule has 1 aliphatic rings. The minimum absolute atomic E-state index is 0.554. The number of hydrogen-bond acceptors (Lipinski definition) is 8. The van der Waals surface area contributed by atoms with Crippen LogP contribution in [0.4, 0.5) is 5.69 Å². The van der Waals surface area contributed by atoms with E-state index in [2.05, 4.69) is 46.2 Å². The van der Waals surface area contributed by atoms with Gasteiger partial charge in [0, 0.05) is 59.5 Å². The lowest BCUT2D eigenvalue weighted by Crippen LogP contribution is -2.46. The first-order valence-corrected chi connectivity index (χ1v) is 15.1. The van der Waals surface area contributed by atoms with E-state index in [0.29, 0.717) is 5.75 Å². The molecule has 208 valence electrons. The Bertz CT molecular complexity index is 1390. The highest BCUT2D eigenvalue weighted by molar-refractivity contribution is 7.98. The van der Waals surface area contributed by atoms with Crippen molar-refractivity contribution in [1.82, 2.24) is 9.88 Å². The van der Waals surface area contributed by atoms with Crippen LogP contribution in [0.2, 0.25) is 0 Å². The van der Waals surface area contributed by atoms with Gasteiger partial charge in [-0.3, -0.25) is 4.90 Å². The maximum absolute atomic E-state index is 11.1. The molecule has 0 spiro atoms. The Morgan fingerprint density at radius 3 is 2.30 bits per heavy atom.